The number of carbonyl (C=O) groups is 1. The van der Waals surface area contributed by atoms with Crippen molar-refractivity contribution in [2.45, 2.75) is 14.4 Å². The second kappa shape index (κ2) is 6.91. The van der Waals surface area contributed by atoms with Gasteiger partial charge in [0.25, 0.3) is 0 Å². The first-order valence-corrected chi connectivity index (χ1v) is 6.08. The molecule has 0 aromatic heterocycles. The van der Waals surface area contributed by atoms with E-state index in [2.05, 4.69) is 0 Å². The molecule has 2 heteroatoms. The first-order valence-electron chi connectivity index (χ1n) is 5.70. The van der Waals surface area contributed by atoms with Gasteiger partial charge in [-0.1, -0.05) is 73.6 Å². The van der Waals surface area contributed by atoms with E-state index in [-0.39, 0.29) is 13.2 Å². The van der Waals surface area contributed by atoms with Gasteiger partial charge in [-0.25, -0.2) is 0 Å². The molecule has 1 nitrogen and oxygen atoms in total. The molecule has 0 radical (unpaired) electrons. The number of benzene rings is 2. The fourth-order valence-corrected chi connectivity index (χ4v) is 1.82. The minimum absolute atomic E-state index is 0. The first kappa shape index (κ1) is 15.2. The van der Waals surface area contributed by atoms with Crippen molar-refractivity contribution in [1.82, 2.24) is 0 Å². The van der Waals surface area contributed by atoms with Crippen molar-refractivity contribution in [3.63, 3.8) is 0 Å². The molecule has 2 aromatic rings. The van der Waals surface area contributed by atoms with Crippen molar-refractivity contribution in [2.24, 2.45) is 0 Å². The number of halogens is 1. The van der Waals surface area contributed by atoms with Crippen molar-refractivity contribution in [3.8, 4) is 0 Å². The first-order chi connectivity index (χ1) is 8.66. The highest BCUT2D eigenvalue weighted by Gasteiger charge is 1.97. The van der Waals surface area contributed by atoms with E-state index in [1.165, 1.54) is 0 Å². The Kier molecular flexibility index (Phi) is 5.53. The lowest BCUT2D eigenvalue weighted by Gasteiger charge is -1.98. The van der Waals surface area contributed by atoms with E-state index < -0.39 is 0 Å². The summed E-state index contributed by atoms with van der Waals surface area (Å²) in [7, 11) is 0. The van der Waals surface area contributed by atoms with Gasteiger partial charge in [0.2, 0.25) is 0 Å². The molecule has 0 atom stereocenters. The van der Waals surface area contributed by atoms with Crippen LogP contribution in [0.1, 0.15) is 35.8 Å². The van der Waals surface area contributed by atoms with Crippen LogP contribution in [0, 0.1) is 0 Å². The summed E-state index contributed by atoms with van der Waals surface area (Å²) in [6.07, 6.45) is 3.94. The van der Waals surface area contributed by atoms with Crippen molar-refractivity contribution in [3.05, 3.63) is 70.2 Å². The van der Waals surface area contributed by atoms with Crippen molar-refractivity contribution in [1.29, 1.82) is 0 Å². The van der Waals surface area contributed by atoms with E-state index >= 15 is 0 Å². The summed E-state index contributed by atoms with van der Waals surface area (Å²) in [6, 6.07) is 15.2. The van der Waals surface area contributed by atoms with Gasteiger partial charge < -0.3 is 0 Å². The average molecular weight is 273 g/mol. The molecule has 0 aliphatic rings. The standard InChI is InChI=1S/C16H13ClO.CH4/c1-12(18)14-9-6-13(7-10-14)8-11-15-4-2-3-5-16(15)17;/h2-11H,1H3;1H4/b11-8+;. The average Bonchev–Trinajstić information content (AvgIpc) is 2.38. The Balaban J connectivity index is 0.00000180. The molecule has 0 N–H and O–H groups in total. The molecule has 0 saturated heterocycles. The van der Waals surface area contributed by atoms with E-state index in [0.717, 1.165) is 21.7 Å². The summed E-state index contributed by atoms with van der Waals surface area (Å²) in [5.74, 6) is 0.0802. The molecular formula is C17H17ClO. The summed E-state index contributed by atoms with van der Waals surface area (Å²) in [6.45, 7) is 1.56. The van der Waals surface area contributed by atoms with Gasteiger partial charge in [-0.05, 0) is 24.1 Å². The van der Waals surface area contributed by atoms with Crippen molar-refractivity contribution >= 4 is 29.5 Å². The van der Waals surface area contributed by atoms with Crippen LogP contribution in [0.15, 0.2) is 48.5 Å². The largest absolute Gasteiger partial charge is 0.295 e. The number of ketones is 1. The Labute approximate surface area is 119 Å². The zero-order valence-corrected chi connectivity index (χ0v) is 10.8. The maximum atomic E-state index is 11.1. The molecule has 0 aliphatic heterocycles. The van der Waals surface area contributed by atoms with E-state index in [0.29, 0.717) is 0 Å². The van der Waals surface area contributed by atoms with Crippen LogP contribution in [0.5, 0.6) is 0 Å². The number of carbonyl (C=O) groups excluding carboxylic acids is 1. The smallest absolute Gasteiger partial charge is 0.159 e. The van der Waals surface area contributed by atoms with Gasteiger partial charge in [-0.2, -0.15) is 0 Å². The predicted molar refractivity (Wildman–Crippen MR) is 83.6 cm³/mol. The highest BCUT2D eigenvalue weighted by atomic mass is 35.5. The third kappa shape index (κ3) is 4.08. The van der Waals surface area contributed by atoms with Gasteiger partial charge in [0.1, 0.15) is 0 Å². The number of hydrogen-bond acceptors (Lipinski definition) is 1. The third-order valence-corrected chi connectivity index (χ3v) is 3.02. The van der Waals surface area contributed by atoms with Crippen LogP contribution in [0.4, 0.5) is 0 Å². The number of hydrogen-bond donors (Lipinski definition) is 0. The molecule has 2 rings (SSSR count). The molecule has 0 saturated carbocycles. The molecule has 0 spiro atoms. The van der Waals surface area contributed by atoms with Gasteiger partial charge >= 0.3 is 0 Å². The van der Waals surface area contributed by atoms with Gasteiger partial charge in [-0.3, -0.25) is 4.79 Å². The predicted octanol–water partition coefficient (Wildman–Crippen LogP) is 5.35. The molecule has 0 amide bonds. The molecule has 19 heavy (non-hydrogen) atoms. The van der Waals surface area contributed by atoms with Crippen LogP contribution < -0.4 is 0 Å². The maximum absolute atomic E-state index is 11.1. The molecule has 98 valence electrons. The van der Waals surface area contributed by atoms with Crippen molar-refractivity contribution in [2.75, 3.05) is 0 Å². The maximum Gasteiger partial charge on any atom is 0.159 e. The fourth-order valence-electron chi connectivity index (χ4n) is 1.63. The zero-order valence-electron chi connectivity index (χ0n) is 10.1. The minimum atomic E-state index is 0. The summed E-state index contributed by atoms with van der Waals surface area (Å²) in [4.78, 5) is 11.1. The molecule has 0 unspecified atom stereocenters. The van der Waals surface area contributed by atoms with E-state index in [1.807, 2.05) is 60.7 Å². The SMILES string of the molecule is C.CC(=O)c1ccc(/C=C/c2ccccc2Cl)cc1. The van der Waals surface area contributed by atoms with Gasteiger partial charge in [0, 0.05) is 10.6 Å². The topological polar surface area (TPSA) is 17.1 Å². The molecule has 0 bridgehead atoms. The summed E-state index contributed by atoms with van der Waals surface area (Å²) < 4.78 is 0. The van der Waals surface area contributed by atoms with Crippen LogP contribution in [-0.2, 0) is 0 Å². The van der Waals surface area contributed by atoms with Gasteiger partial charge in [-0.15, -0.1) is 0 Å². The number of rotatable bonds is 3. The quantitative estimate of drug-likeness (QED) is 0.544. The molecule has 2 aromatic carbocycles. The lowest BCUT2D eigenvalue weighted by atomic mass is 10.1. The number of Topliss-reactive ketones (excluding diaryl/α,β-unsaturated/α-hetero) is 1. The highest BCUT2D eigenvalue weighted by Crippen LogP contribution is 2.18. The lowest BCUT2D eigenvalue weighted by Crippen LogP contribution is -1.90. The lowest BCUT2D eigenvalue weighted by molar-refractivity contribution is 0.101. The molecule has 0 fully saturated rings. The monoisotopic (exact) mass is 272 g/mol. The summed E-state index contributed by atoms with van der Waals surface area (Å²) >= 11 is 6.06. The minimum Gasteiger partial charge on any atom is -0.295 e. The molecule has 0 heterocycles. The Morgan fingerprint density at radius 3 is 2.21 bits per heavy atom. The van der Waals surface area contributed by atoms with Crippen LogP contribution in [0.2, 0.25) is 5.02 Å². The summed E-state index contributed by atoms with van der Waals surface area (Å²) in [5, 5.41) is 0.731. The van der Waals surface area contributed by atoms with Crippen LogP contribution in [0.25, 0.3) is 12.2 Å². The molecule has 0 aliphatic carbocycles. The highest BCUT2D eigenvalue weighted by molar-refractivity contribution is 6.32. The fraction of sp³-hybridized carbons (Fsp3) is 0.118. The van der Waals surface area contributed by atoms with Gasteiger partial charge in [0.15, 0.2) is 5.78 Å². The van der Waals surface area contributed by atoms with E-state index in [9.17, 15) is 4.79 Å². The van der Waals surface area contributed by atoms with Crippen molar-refractivity contribution < 1.29 is 4.79 Å². The van der Waals surface area contributed by atoms with Crippen LogP contribution in [0.3, 0.4) is 0 Å². The summed E-state index contributed by atoms with van der Waals surface area (Å²) in [5.41, 5.74) is 2.75. The van der Waals surface area contributed by atoms with Crippen LogP contribution >= 0.6 is 11.6 Å². The Morgan fingerprint density at radius 1 is 1.00 bits per heavy atom. The van der Waals surface area contributed by atoms with Gasteiger partial charge in [0.05, 0.1) is 0 Å². The third-order valence-electron chi connectivity index (χ3n) is 2.68. The Bertz CT molecular complexity index is 582. The zero-order chi connectivity index (χ0) is 13.0. The Morgan fingerprint density at radius 2 is 1.63 bits per heavy atom. The van der Waals surface area contributed by atoms with Crippen LogP contribution in [-0.4, -0.2) is 5.78 Å². The normalized spacial score (nSPS) is 10.2. The molecular weight excluding hydrogens is 256 g/mol. The van der Waals surface area contributed by atoms with E-state index in [4.69, 9.17) is 11.6 Å². The van der Waals surface area contributed by atoms with E-state index in [1.54, 1.807) is 6.92 Å². The second-order valence-corrected chi connectivity index (χ2v) is 4.44. The second-order valence-electron chi connectivity index (χ2n) is 4.03. The Hall–Kier alpha value is -1.86.